The van der Waals surface area contributed by atoms with E-state index in [1.54, 1.807) is 16.0 Å². The standard InChI is InChI=1S/C13H16N2O2S/c16-12(13(17)5-2-6-13)9-15-7-4-10(14-15)11-3-1-8-18-11/h1,3-4,7-8,12,16-17H,2,5-6,9H2. The van der Waals surface area contributed by atoms with Gasteiger partial charge in [-0.2, -0.15) is 5.10 Å². The molecule has 3 rings (SSSR count). The van der Waals surface area contributed by atoms with Crippen LogP contribution < -0.4 is 0 Å². The Morgan fingerprint density at radius 1 is 1.44 bits per heavy atom. The fourth-order valence-electron chi connectivity index (χ4n) is 2.24. The van der Waals surface area contributed by atoms with Crippen molar-refractivity contribution in [3.63, 3.8) is 0 Å². The Morgan fingerprint density at radius 3 is 2.89 bits per heavy atom. The predicted molar refractivity (Wildman–Crippen MR) is 70.3 cm³/mol. The molecule has 18 heavy (non-hydrogen) atoms. The summed E-state index contributed by atoms with van der Waals surface area (Å²) in [4.78, 5) is 1.12. The number of aliphatic hydroxyl groups excluding tert-OH is 1. The predicted octanol–water partition coefficient (Wildman–Crippen LogP) is 1.89. The van der Waals surface area contributed by atoms with Gasteiger partial charge in [-0.05, 0) is 36.8 Å². The van der Waals surface area contributed by atoms with Gasteiger partial charge in [-0.1, -0.05) is 6.07 Å². The molecule has 2 aromatic heterocycles. The maximum Gasteiger partial charge on any atom is 0.102 e. The molecule has 2 heterocycles. The molecule has 4 nitrogen and oxygen atoms in total. The highest BCUT2D eigenvalue weighted by atomic mass is 32.1. The molecule has 0 spiro atoms. The third-order valence-electron chi connectivity index (χ3n) is 3.61. The molecule has 1 unspecified atom stereocenters. The Balaban J connectivity index is 1.70. The molecule has 1 aliphatic carbocycles. The largest absolute Gasteiger partial charge is 0.388 e. The second-order valence-corrected chi connectivity index (χ2v) is 5.82. The minimum atomic E-state index is -0.894. The van der Waals surface area contributed by atoms with Crippen LogP contribution in [0.4, 0.5) is 0 Å². The SMILES string of the molecule is OC(Cn1ccc(-c2cccs2)n1)C1(O)CCC1. The molecule has 0 radical (unpaired) electrons. The molecule has 1 fully saturated rings. The van der Waals surface area contributed by atoms with E-state index >= 15 is 0 Å². The first-order chi connectivity index (χ1) is 8.67. The lowest BCUT2D eigenvalue weighted by atomic mass is 9.76. The zero-order valence-corrected chi connectivity index (χ0v) is 10.8. The van der Waals surface area contributed by atoms with Crippen LogP contribution in [0.5, 0.6) is 0 Å². The van der Waals surface area contributed by atoms with Crippen LogP contribution in [0, 0.1) is 0 Å². The van der Waals surface area contributed by atoms with E-state index in [1.165, 1.54) is 0 Å². The van der Waals surface area contributed by atoms with Gasteiger partial charge in [0.2, 0.25) is 0 Å². The third-order valence-corrected chi connectivity index (χ3v) is 4.51. The van der Waals surface area contributed by atoms with E-state index in [-0.39, 0.29) is 0 Å². The quantitative estimate of drug-likeness (QED) is 0.886. The molecule has 0 amide bonds. The van der Waals surface area contributed by atoms with Crippen LogP contribution in [0.3, 0.4) is 0 Å². The fourth-order valence-corrected chi connectivity index (χ4v) is 2.93. The van der Waals surface area contributed by atoms with E-state index in [4.69, 9.17) is 0 Å². The van der Waals surface area contributed by atoms with Crippen molar-refractivity contribution >= 4 is 11.3 Å². The number of aliphatic hydroxyl groups is 2. The summed E-state index contributed by atoms with van der Waals surface area (Å²) in [5.74, 6) is 0. The van der Waals surface area contributed by atoms with Crippen LogP contribution in [0.1, 0.15) is 19.3 Å². The molecule has 1 atom stereocenters. The minimum Gasteiger partial charge on any atom is -0.388 e. The van der Waals surface area contributed by atoms with Gasteiger partial charge in [-0.3, -0.25) is 4.68 Å². The minimum absolute atomic E-state index is 0.349. The maximum absolute atomic E-state index is 10.0. The highest BCUT2D eigenvalue weighted by Gasteiger charge is 2.41. The molecule has 2 aromatic rings. The highest BCUT2D eigenvalue weighted by molar-refractivity contribution is 7.13. The number of hydrogen-bond donors (Lipinski definition) is 2. The Labute approximate surface area is 110 Å². The fraction of sp³-hybridized carbons (Fsp3) is 0.462. The molecule has 0 saturated heterocycles. The molecule has 96 valence electrons. The summed E-state index contributed by atoms with van der Waals surface area (Å²) in [5, 5.41) is 26.5. The van der Waals surface area contributed by atoms with Crippen molar-refractivity contribution < 1.29 is 10.2 Å². The lowest BCUT2D eigenvalue weighted by Crippen LogP contribution is -2.50. The Hall–Kier alpha value is -1.17. The van der Waals surface area contributed by atoms with Gasteiger partial charge >= 0.3 is 0 Å². The van der Waals surface area contributed by atoms with E-state index < -0.39 is 11.7 Å². The summed E-state index contributed by atoms with van der Waals surface area (Å²) >= 11 is 1.64. The number of nitrogens with zero attached hydrogens (tertiary/aromatic N) is 2. The summed E-state index contributed by atoms with van der Waals surface area (Å²) in [6.45, 7) is 0.349. The lowest BCUT2D eigenvalue weighted by molar-refractivity contribution is -0.131. The van der Waals surface area contributed by atoms with E-state index in [1.807, 2.05) is 29.8 Å². The molecule has 0 bridgehead atoms. The number of thiophene rings is 1. The van der Waals surface area contributed by atoms with Gasteiger partial charge in [0.15, 0.2) is 0 Å². The van der Waals surface area contributed by atoms with Crippen LogP contribution in [-0.2, 0) is 6.54 Å². The van der Waals surface area contributed by atoms with Crippen molar-refractivity contribution in [2.24, 2.45) is 0 Å². The molecule has 1 saturated carbocycles. The second kappa shape index (κ2) is 4.50. The summed E-state index contributed by atoms with van der Waals surface area (Å²) in [6.07, 6.45) is 3.48. The number of rotatable bonds is 4. The van der Waals surface area contributed by atoms with Crippen molar-refractivity contribution in [1.29, 1.82) is 0 Å². The Bertz CT molecular complexity index is 517. The molecule has 2 N–H and O–H groups in total. The number of aromatic nitrogens is 2. The molecule has 0 aliphatic heterocycles. The molecule has 5 heteroatoms. The van der Waals surface area contributed by atoms with E-state index in [0.29, 0.717) is 19.4 Å². The Morgan fingerprint density at radius 2 is 2.28 bits per heavy atom. The average Bonchev–Trinajstić information content (AvgIpc) is 2.94. The molecule has 0 aromatic carbocycles. The van der Waals surface area contributed by atoms with Gasteiger partial charge in [0.25, 0.3) is 0 Å². The van der Waals surface area contributed by atoms with E-state index in [2.05, 4.69) is 5.10 Å². The highest BCUT2D eigenvalue weighted by Crippen LogP contribution is 2.35. The monoisotopic (exact) mass is 264 g/mol. The van der Waals surface area contributed by atoms with Crippen molar-refractivity contribution in [1.82, 2.24) is 9.78 Å². The van der Waals surface area contributed by atoms with Crippen molar-refractivity contribution in [3.05, 3.63) is 29.8 Å². The summed E-state index contributed by atoms with van der Waals surface area (Å²) in [7, 11) is 0. The van der Waals surface area contributed by atoms with Crippen molar-refractivity contribution in [2.45, 2.75) is 37.5 Å². The smallest absolute Gasteiger partial charge is 0.102 e. The first-order valence-corrected chi connectivity index (χ1v) is 7.03. The maximum atomic E-state index is 10.0. The Kier molecular flexibility index (Phi) is 2.97. The van der Waals surface area contributed by atoms with Crippen LogP contribution in [0.15, 0.2) is 29.8 Å². The zero-order chi connectivity index (χ0) is 12.6. The number of hydrogen-bond acceptors (Lipinski definition) is 4. The second-order valence-electron chi connectivity index (χ2n) is 4.87. The first kappa shape index (κ1) is 11.9. The van der Waals surface area contributed by atoms with Gasteiger partial charge in [0, 0.05) is 6.20 Å². The van der Waals surface area contributed by atoms with Crippen molar-refractivity contribution in [3.8, 4) is 10.6 Å². The summed E-state index contributed by atoms with van der Waals surface area (Å²) < 4.78 is 1.70. The van der Waals surface area contributed by atoms with Gasteiger partial charge < -0.3 is 10.2 Å². The summed E-state index contributed by atoms with van der Waals surface area (Å²) in [5.41, 5.74) is 0.0208. The summed E-state index contributed by atoms with van der Waals surface area (Å²) in [6, 6.07) is 5.95. The normalized spacial score (nSPS) is 19.4. The zero-order valence-electron chi connectivity index (χ0n) is 9.99. The van der Waals surface area contributed by atoms with Gasteiger partial charge in [-0.15, -0.1) is 11.3 Å². The van der Waals surface area contributed by atoms with Crippen LogP contribution in [0.2, 0.25) is 0 Å². The lowest BCUT2D eigenvalue weighted by Gasteiger charge is -2.40. The molecular weight excluding hydrogens is 248 g/mol. The first-order valence-electron chi connectivity index (χ1n) is 6.15. The van der Waals surface area contributed by atoms with Crippen LogP contribution >= 0.6 is 11.3 Å². The van der Waals surface area contributed by atoms with E-state index in [9.17, 15) is 10.2 Å². The van der Waals surface area contributed by atoms with Gasteiger partial charge in [0.05, 0.1) is 17.0 Å². The molecule has 1 aliphatic rings. The van der Waals surface area contributed by atoms with Crippen molar-refractivity contribution in [2.75, 3.05) is 0 Å². The third kappa shape index (κ3) is 2.09. The van der Waals surface area contributed by atoms with Crippen LogP contribution in [0.25, 0.3) is 10.6 Å². The average molecular weight is 264 g/mol. The van der Waals surface area contributed by atoms with Gasteiger partial charge in [-0.25, -0.2) is 0 Å². The topological polar surface area (TPSA) is 58.3 Å². The van der Waals surface area contributed by atoms with E-state index in [0.717, 1.165) is 17.0 Å². The van der Waals surface area contributed by atoms with Crippen LogP contribution in [-0.4, -0.2) is 31.7 Å². The van der Waals surface area contributed by atoms with Gasteiger partial charge in [0.1, 0.15) is 11.8 Å². The molecular formula is C13H16N2O2S.